The van der Waals surface area contributed by atoms with Crippen molar-refractivity contribution in [3.63, 3.8) is 0 Å². The van der Waals surface area contributed by atoms with E-state index in [1.807, 2.05) is 50.0 Å². The van der Waals surface area contributed by atoms with Crippen LogP contribution in [-0.4, -0.2) is 57.8 Å². The van der Waals surface area contributed by atoms with Gasteiger partial charge in [0.2, 0.25) is 11.8 Å². The molecule has 3 aromatic rings. The number of aromatic nitrogens is 3. The fraction of sp³-hybridized carbons (Fsp3) is 0.333. The Morgan fingerprint density at radius 1 is 1.25 bits per heavy atom. The summed E-state index contributed by atoms with van der Waals surface area (Å²) in [5.41, 5.74) is 20.0. The third kappa shape index (κ3) is 5.43. The maximum atomic E-state index is 12.0. The molecule has 0 aliphatic rings. The molecule has 2 heterocycles. The highest BCUT2D eigenvalue weighted by molar-refractivity contribution is 5.94. The Bertz CT molecular complexity index is 1160. The van der Waals surface area contributed by atoms with E-state index in [0.717, 1.165) is 22.3 Å². The van der Waals surface area contributed by atoms with Gasteiger partial charge in [-0.15, -0.1) is 0 Å². The van der Waals surface area contributed by atoms with Gasteiger partial charge in [-0.3, -0.25) is 9.59 Å². The Morgan fingerprint density at radius 2 is 2.00 bits per heavy atom. The Hall–Kier alpha value is -3.86. The number of hydrogen-bond acceptors (Lipinski definition) is 5. The Labute approximate surface area is 185 Å². The van der Waals surface area contributed by atoms with Crippen LogP contribution >= 0.6 is 0 Å². The van der Waals surface area contributed by atoms with Gasteiger partial charge in [0.15, 0.2) is 11.8 Å². The number of nitrogens with zero attached hydrogens (tertiary/aromatic N) is 4. The number of anilines is 1. The lowest BCUT2D eigenvalue weighted by Crippen LogP contribution is -2.25. The molecule has 170 valence electrons. The first-order chi connectivity index (χ1) is 15.1. The lowest BCUT2D eigenvalue weighted by Gasteiger charge is -2.24. The zero-order valence-corrected chi connectivity index (χ0v) is 18.4. The van der Waals surface area contributed by atoms with Crippen molar-refractivity contribution >= 4 is 34.5 Å². The standard InChI is InChI=1S/C21H29N9O2/c1-29(2)16(6-7-18(22)31)12-4-5-14-15(8-12)28-20(27-14)17-9-13(11-30(17)3)26-19(32)10-25-21(23)24/h4-5,8-9,11,16H,6-7,10H2,1-3H3,(H2,22,31)(H,26,32)(H,27,28)(H4,23,24,25). The number of hydrogen-bond donors (Lipinski definition) is 5. The third-order valence-electron chi connectivity index (χ3n) is 5.11. The molecule has 0 bridgehead atoms. The number of carbonyl (C=O) groups is 2. The SMILES string of the molecule is CN(C)C(CCC(N)=O)c1ccc2nc(-c3cc(NC(=O)CN=C(N)N)cn3C)[nH]c2c1. The molecule has 1 aromatic carbocycles. The molecule has 0 fully saturated rings. The van der Waals surface area contributed by atoms with E-state index in [4.69, 9.17) is 17.2 Å². The minimum atomic E-state index is -0.324. The van der Waals surface area contributed by atoms with Gasteiger partial charge < -0.3 is 37.0 Å². The van der Waals surface area contributed by atoms with Crippen molar-refractivity contribution < 1.29 is 9.59 Å². The number of guanidine groups is 1. The number of fused-ring (bicyclic) bond motifs is 1. The van der Waals surface area contributed by atoms with E-state index in [9.17, 15) is 9.59 Å². The molecule has 8 N–H and O–H groups in total. The summed E-state index contributed by atoms with van der Waals surface area (Å²) in [6.45, 7) is -0.150. The Kier molecular flexibility index (Phi) is 6.79. The second kappa shape index (κ2) is 9.52. The van der Waals surface area contributed by atoms with Gasteiger partial charge in [-0.25, -0.2) is 9.98 Å². The average Bonchev–Trinajstić information content (AvgIpc) is 3.28. The van der Waals surface area contributed by atoms with Crippen molar-refractivity contribution in [1.29, 1.82) is 0 Å². The summed E-state index contributed by atoms with van der Waals surface area (Å²) < 4.78 is 1.87. The van der Waals surface area contributed by atoms with Crippen molar-refractivity contribution in [1.82, 2.24) is 19.4 Å². The highest BCUT2D eigenvalue weighted by Gasteiger charge is 2.17. The number of amides is 2. The summed E-state index contributed by atoms with van der Waals surface area (Å²) >= 11 is 0. The number of aliphatic imine (C=N–C) groups is 1. The molecule has 0 radical (unpaired) electrons. The minimum absolute atomic E-state index is 0.0562. The van der Waals surface area contributed by atoms with Crippen molar-refractivity contribution in [2.24, 2.45) is 29.2 Å². The zero-order chi connectivity index (χ0) is 23.4. The largest absolute Gasteiger partial charge is 0.370 e. The second-order valence-electron chi connectivity index (χ2n) is 7.86. The highest BCUT2D eigenvalue weighted by atomic mass is 16.2. The number of primary amides is 1. The molecule has 1 unspecified atom stereocenters. The van der Waals surface area contributed by atoms with Gasteiger partial charge in [-0.05, 0) is 44.3 Å². The van der Waals surface area contributed by atoms with Crippen molar-refractivity contribution in [3.8, 4) is 11.5 Å². The van der Waals surface area contributed by atoms with Crippen molar-refractivity contribution in [2.75, 3.05) is 26.0 Å². The van der Waals surface area contributed by atoms with Crippen LogP contribution < -0.4 is 22.5 Å². The maximum absolute atomic E-state index is 12.0. The monoisotopic (exact) mass is 439 g/mol. The molecule has 11 nitrogen and oxygen atoms in total. The van der Waals surface area contributed by atoms with E-state index in [0.29, 0.717) is 24.4 Å². The molecule has 32 heavy (non-hydrogen) atoms. The van der Waals surface area contributed by atoms with E-state index in [2.05, 4.69) is 25.2 Å². The molecule has 0 saturated heterocycles. The van der Waals surface area contributed by atoms with Gasteiger partial charge in [-0.2, -0.15) is 0 Å². The number of H-pyrrole nitrogens is 1. The molecular weight excluding hydrogens is 410 g/mol. The summed E-state index contributed by atoms with van der Waals surface area (Å²) in [6.07, 6.45) is 2.74. The first kappa shape index (κ1) is 22.8. The Balaban J connectivity index is 1.84. The molecule has 11 heteroatoms. The normalized spacial score (nSPS) is 12.1. The fourth-order valence-electron chi connectivity index (χ4n) is 3.59. The molecule has 3 rings (SSSR count). The molecule has 0 aliphatic carbocycles. The van der Waals surface area contributed by atoms with Gasteiger partial charge in [0.05, 0.1) is 22.4 Å². The molecule has 0 aliphatic heterocycles. The van der Waals surface area contributed by atoms with E-state index < -0.39 is 0 Å². The van der Waals surface area contributed by atoms with Gasteiger partial charge in [0.1, 0.15) is 6.54 Å². The molecular formula is C21H29N9O2. The van der Waals surface area contributed by atoms with E-state index >= 15 is 0 Å². The van der Waals surface area contributed by atoms with Crippen LogP contribution in [0.25, 0.3) is 22.6 Å². The van der Waals surface area contributed by atoms with Gasteiger partial charge in [0, 0.05) is 25.7 Å². The summed E-state index contributed by atoms with van der Waals surface area (Å²) in [7, 11) is 5.81. The maximum Gasteiger partial charge on any atom is 0.246 e. The van der Waals surface area contributed by atoms with Crippen molar-refractivity contribution in [3.05, 3.63) is 36.0 Å². The van der Waals surface area contributed by atoms with E-state index in [1.54, 1.807) is 6.20 Å². The third-order valence-corrected chi connectivity index (χ3v) is 5.11. The number of benzene rings is 1. The lowest BCUT2D eigenvalue weighted by atomic mass is 10.0. The Morgan fingerprint density at radius 3 is 2.66 bits per heavy atom. The van der Waals surface area contributed by atoms with Crippen LogP contribution in [0.4, 0.5) is 5.69 Å². The first-order valence-electron chi connectivity index (χ1n) is 10.1. The number of nitrogens with one attached hydrogen (secondary N) is 2. The number of rotatable bonds is 9. The van der Waals surface area contributed by atoms with Crippen molar-refractivity contribution in [2.45, 2.75) is 18.9 Å². The molecule has 2 aromatic heterocycles. The van der Waals surface area contributed by atoms with Gasteiger partial charge in [0.25, 0.3) is 0 Å². The van der Waals surface area contributed by atoms with Crippen LogP contribution in [0.15, 0.2) is 35.5 Å². The van der Waals surface area contributed by atoms with Gasteiger partial charge in [-0.1, -0.05) is 6.07 Å². The van der Waals surface area contributed by atoms with Gasteiger partial charge >= 0.3 is 0 Å². The summed E-state index contributed by atoms with van der Waals surface area (Å²) in [4.78, 5) is 37.0. The summed E-state index contributed by atoms with van der Waals surface area (Å²) in [5.74, 6) is -0.105. The summed E-state index contributed by atoms with van der Waals surface area (Å²) in [5, 5.41) is 2.76. The minimum Gasteiger partial charge on any atom is -0.370 e. The number of imidazole rings is 1. The van der Waals surface area contributed by atoms with Crippen LogP contribution in [0.2, 0.25) is 0 Å². The first-order valence-corrected chi connectivity index (χ1v) is 10.1. The number of carbonyl (C=O) groups excluding carboxylic acids is 2. The second-order valence-corrected chi connectivity index (χ2v) is 7.86. The average molecular weight is 440 g/mol. The van der Waals surface area contributed by atoms with Crippen LogP contribution in [0.1, 0.15) is 24.4 Å². The predicted octanol–water partition coefficient (Wildman–Crippen LogP) is 0.649. The number of aryl methyl sites for hydroxylation is 1. The summed E-state index contributed by atoms with van der Waals surface area (Å²) in [6, 6.07) is 7.88. The van der Waals surface area contributed by atoms with Crippen LogP contribution in [0.3, 0.4) is 0 Å². The number of aromatic amines is 1. The topological polar surface area (TPSA) is 173 Å². The smallest absolute Gasteiger partial charge is 0.246 e. The van der Waals surface area contributed by atoms with Crippen LogP contribution in [0, 0.1) is 0 Å². The van der Waals surface area contributed by atoms with E-state index in [1.165, 1.54) is 0 Å². The zero-order valence-electron chi connectivity index (χ0n) is 18.4. The lowest BCUT2D eigenvalue weighted by molar-refractivity contribution is -0.118. The molecule has 2 amide bonds. The molecule has 0 saturated carbocycles. The molecule has 1 atom stereocenters. The van der Waals surface area contributed by atoms with Crippen LogP contribution in [0.5, 0.6) is 0 Å². The fourth-order valence-corrected chi connectivity index (χ4v) is 3.59. The highest BCUT2D eigenvalue weighted by Crippen LogP contribution is 2.29. The molecule has 0 spiro atoms. The predicted molar refractivity (Wildman–Crippen MR) is 125 cm³/mol. The van der Waals surface area contributed by atoms with E-state index in [-0.39, 0.29) is 30.4 Å². The number of nitrogens with two attached hydrogens (primary N) is 3. The quantitative estimate of drug-likeness (QED) is 0.242. The van der Waals surface area contributed by atoms with Crippen LogP contribution in [-0.2, 0) is 16.6 Å².